The van der Waals surface area contributed by atoms with Crippen LogP contribution in [0.15, 0.2) is 30.6 Å². The van der Waals surface area contributed by atoms with Crippen LogP contribution in [0.1, 0.15) is 17.8 Å². The fraction of sp³-hybridized carbons (Fsp3) is 0.308. The van der Waals surface area contributed by atoms with E-state index in [1.807, 2.05) is 18.2 Å². The van der Waals surface area contributed by atoms with Crippen molar-refractivity contribution < 1.29 is 14.7 Å². The van der Waals surface area contributed by atoms with E-state index < -0.39 is 5.97 Å². The quantitative estimate of drug-likeness (QED) is 0.742. The maximum Gasteiger partial charge on any atom is 0.325 e. The number of aryl methyl sites for hydroxylation is 1. The Balaban J connectivity index is 1.73. The summed E-state index contributed by atoms with van der Waals surface area (Å²) in [5.74, 6) is -1.11. The van der Waals surface area contributed by atoms with Gasteiger partial charge in [-0.25, -0.2) is 4.68 Å². The zero-order valence-electron chi connectivity index (χ0n) is 11.3. The molecule has 0 aliphatic carbocycles. The van der Waals surface area contributed by atoms with Crippen LogP contribution in [0.3, 0.4) is 0 Å². The number of rotatable bonds is 7. The Morgan fingerprint density at radius 1 is 1.29 bits per heavy atom. The van der Waals surface area contributed by atoms with Crippen molar-refractivity contribution in [1.29, 1.82) is 0 Å². The molecule has 110 valence electrons. The zero-order chi connectivity index (χ0) is 15.1. The molecular formula is C13H15N5O3. The molecule has 0 unspecified atom stereocenters. The molecule has 0 fully saturated rings. The Labute approximate surface area is 120 Å². The number of carbonyl (C=O) groups is 2. The van der Waals surface area contributed by atoms with Crippen LogP contribution >= 0.6 is 0 Å². The van der Waals surface area contributed by atoms with Crippen molar-refractivity contribution in [3.8, 4) is 0 Å². The van der Waals surface area contributed by atoms with Crippen LogP contribution in [0.4, 0.5) is 0 Å². The van der Waals surface area contributed by atoms with E-state index in [2.05, 4.69) is 20.6 Å². The van der Waals surface area contributed by atoms with E-state index in [4.69, 9.17) is 5.11 Å². The lowest BCUT2D eigenvalue weighted by atomic mass is 10.2. The van der Waals surface area contributed by atoms with E-state index >= 15 is 0 Å². The molecule has 0 atom stereocenters. The van der Waals surface area contributed by atoms with Crippen LogP contribution in [-0.2, 0) is 29.1 Å². The van der Waals surface area contributed by atoms with Gasteiger partial charge < -0.3 is 10.4 Å². The Hall–Kier alpha value is -2.77. The molecular weight excluding hydrogens is 274 g/mol. The van der Waals surface area contributed by atoms with Gasteiger partial charge in [0, 0.05) is 18.3 Å². The standard InChI is InChI=1S/C13H15N5O3/c19-12(5-4-10-3-1-2-6-14-10)15-7-11-8-18(17-16-11)9-13(20)21/h1-3,6,8H,4-5,7,9H2,(H,15,19)(H,20,21). The van der Waals surface area contributed by atoms with Gasteiger partial charge in [-0.2, -0.15) is 0 Å². The summed E-state index contributed by atoms with van der Waals surface area (Å²) in [6, 6.07) is 5.57. The van der Waals surface area contributed by atoms with Crippen LogP contribution < -0.4 is 5.32 Å². The summed E-state index contributed by atoms with van der Waals surface area (Å²) in [4.78, 5) is 26.3. The highest BCUT2D eigenvalue weighted by atomic mass is 16.4. The van der Waals surface area contributed by atoms with E-state index in [1.54, 1.807) is 6.20 Å². The average Bonchev–Trinajstić information content (AvgIpc) is 2.91. The lowest BCUT2D eigenvalue weighted by Gasteiger charge is -2.02. The van der Waals surface area contributed by atoms with Crippen molar-refractivity contribution in [2.75, 3.05) is 0 Å². The fourth-order valence-electron chi connectivity index (χ4n) is 1.70. The SMILES string of the molecule is O=C(O)Cn1cc(CNC(=O)CCc2ccccn2)nn1. The molecule has 8 nitrogen and oxygen atoms in total. The van der Waals surface area contributed by atoms with Gasteiger partial charge in [-0.15, -0.1) is 5.10 Å². The van der Waals surface area contributed by atoms with E-state index in [-0.39, 0.29) is 19.0 Å². The lowest BCUT2D eigenvalue weighted by Crippen LogP contribution is -2.23. The van der Waals surface area contributed by atoms with E-state index in [1.165, 1.54) is 10.9 Å². The third kappa shape index (κ3) is 5.01. The summed E-state index contributed by atoms with van der Waals surface area (Å²) in [6.45, 7) is -0.0265. The second-order valence-electron chi connectivity index (χ2n) is 4.40. The van der Waals surface area contributed by atoms with Gasteiger partial charge in [-0.1, -0.05) is 11.3 Å². The van der Waals surface area contributed by atoms with Crippen molar-refractivity contribution in [2.45, 2.75) is 25.9 Å². The molecule has 2 N–H and O–H groups in total. The van der Waals surface area contributed by atoms with Gasteiger partial charge in [0.2, 0.25) is 5.91 Å². The molecule has 0 aliphatic rings. The first-order chi connectivity index (χ1) is 10.1. The second kappa shape index (κ2) is 7.13. The number of carbonyl (C=O) groups excluding carboxylic acids is 1. The highest BCUT2D eigenvalue weighted by Crippen LogP contribution is 1.99. The Kier molecular flexibility index (Phi) is 4.97. The minimum atomic E-state index is -0.995. The Bertz CT molecular complexity index is 611. The van der Waals surface area contributed by atoms with Crippen molar-refractivity contribution in [2.24, 2.45) is 0 Å². The number of nitrogens with zero attached hydrogens (tertiary/aromatic N) is 4. The first-order valence-electron chi connectivity index (χ1n) is 6.41. The maximum absolute atomic E-state index is 11.7. The number of pyridine rings is 1. The molecule has 2 aromatic heterocycles. The van der Waals surface area contributed by atoms with Gasteiger partial charge in [-0.05, 0) is 18.6 Å². The normalized spacial score (nSPS) is 10.3. The first-order valence-corrected chi connectivity index (χ1v) is 6.41. The predicted molar refractivity (Wildman–Crippen MR) is 72.1 cm³/mol. The molecule has 0 spiro atoms. The summed E-state index contributed by atoms with van der Waals surface area (Å²) in [5, 5.41) is 18.7. The summed E-state index contributed by atoms with van der Waals surface area (Å²) >= 11 is 0. The molecule has 1 amide bonds. The Morgan fingerprint density at radius 3 is 2.86 bits per heavy atom. The zero-order valence-corrected chi connectivity index (χ0v) is 11.3. The second-order valence-corrected chi connectivity index (χ2v) is 4.40. The van der Waals surface area contributed by atoms with Crippen LogP contribution in [0, 0.1) is 0 Å². The van der Waals surface area contributed by atoms with Crippen molar-refractivity contribution >= 4 is 11.9 Å². The first kappa shape index (κ1) is 14.6. The minimum absolute atomic E-state index is 0.117. The van der Waals surface area contributed by atoms with Crippen LogP contribution in [0.5, 0.6) is 0 Å². The number of aromatic nitrogens is 4. The van der Waals surface area contributed by atoms with Crippen molar-refractivity contribution in [3.05, 3.63) is 42.0 Å². The molecule has 0 saturated carbocycles. The summed E-state index contributed by atoms with van der Waals surface area (Å²) in [7, 11) is 0. The van der Waals surface area contributed by atoms with Gasteiger partial charge in [0.1, 0.15) is 12.2 Å². The molecule has 2 rings (SSSR count). The average molecular weight is 289 g/mol. The number of aliphatic carboxylic acids is 1. The summed E-state index contributed by atoms with van der Waals surface area (Å²) in [5.41, 5.74) is 1.38. The molecule has 0 radical (unpaired) electrons. The predicted octanol–water partition coefficient (Wildman–Crippen LogP) is 0.00670. The number of carboxylic acids is 1. The van der Waals surface area contributed by atoms with E-state index in [9.17, 15) is 9.59 Å². The van der Waals surface area contributed by atoms with Crippen LogP contribution in [0.2, 0.25) is 0 Å². The van der Waals surface area contributed by atoms with Crippen molar-refractivity contribution in [1.82, 2.24) is 25.3 Å². The van der Waals surface area contributed by atoms with E-state index in [0.717, 1.165) is 5.69 Å². The minimum Gasteiger partial charge on any atom is -0.480 e. The maximum atomic E-state index is 11.7. The fourth-order valence-corrected chi connectivity index (χ4v) is 1.70. The highest BCUT2D eigenvalue weighted by molar-refractivity contribution is 5.76. The number of nitrogens with one attached hydrogen (secondary N) is 1. The summed E-state index contributed by atoms with van der Waals surface area (Å²) < 4.78 is 1.21. The Morgan fingerprint density at radius 2 is 2.14 bits per heavy atom. The number of carboxylic acid groups (broad SMARTS) is 1. The topological polar surface area (TPSA) is 110 Å². The van der Waals surface area contributed by atoms with Gasteiger partial charge in [0.25, 0.3) is 0 Å². The molecule has 2 heterocycles. The smallest absolute Gasteiger partial charge is 0.325 e. The van der Waals surface area contributed by atoms with Gasteiger partial charge in [0.05, 0.1) is 12.7 Å². The van der Waals surface area contributed by atoms with Gasteiger partial charge in [-0.3, -0.25) is 14.6 Å². The lowest BCUT2D eigenvalue weighted by molar-refractivity contribution is -0.138. The van der Waals surface area contributed by atoms with Crippen molar-refractivity contribution in [3.63, 3.8) is 0 Å². The van der Waals surface area contributed by atoms with Gasteiger partial charge in [0.15, 0.2) is 0 Å². The largest absolute Gasteiger partial charge is 0.480 e. The molecule has 21 heavy (non-hydrogen) atoms. The summed E-state index contributed by atoms with van der Waals surface area (Å²) in [6.07, 6.45) is 4.08. The number of hydrogen-bond acceptors (Lipinski definition) is 5. The molecule has 0 aliphatic heterocycles. The molecule has 8 heteroatoms. The third-order valence-corrected chi connectivity index (χ3v) is 2.68. The molecule has 2 aromatic rings. The monoisotopic (exact) mass is 289 g/mol. The molecule has 0 aromatic carbocycles. The van der Waals surface area contributed by atoms with Crippen LogP contribution in [0.25, 0.3) is 0 Å². The number of amides is 1. The number of hydrogen-bond donors (Lipinski definition) is 2. The van der Waals surface area contributed by atoms with Crippen LogP contribution in [-0.4, -0.2) is 37.0 Å². The third-order valence-electron chi connectivity index (χ3n) is 2.68. The molecule has 0 bridgehead atoms. The van der Waals surface area contributed by atoms with Gasteiger partial charge >= 0.3 is 5.97 Å². The highest BCUT2D eigenvalue weighted by Gasteiger charge is 2.07. The van der Waals surface area contributed by atoms with E-state index in [0.29, 0.717) is 18.5 Å². The molecule has 0 saturated heterocycles.